The van der Waals surface area contributed by atoms with Gasteiger partial charge < -0.3 is 15.5 Å². The Morgan fingerprint density at radius 3 is 2.42 bits per heavy atom. The van der Waals surface area contributed by atoms with Gasteiger partial charge in [-0.05, 0) is 12.1 Å². The Labute approximate surface area is 128 Å². The van der Waals surface area contributed by atoms with E-state index in [9.17, 15) is 8.78 Å². The summed E-state index contributed by atoms with van der Waals surface area (Å²) in [6.07, 6.45) is 0. The summed E-state index contributed by atoms with van der Waals surface area (Å²) in [5, 5.41) is 0. The molecule has 1 aliphatic rings. The van der Waals surface area contributed by atoms with E-state index in [0.717, 1.165) is 12.1 Å². The van der Waals surface area contributed by atoms with E-state index in [0.29, 0.717) is 37.8 Å². The van der Waals surface area contributed by atoms with Crippen molar-refractivity contribution < 1.29 is 8.78 Å². The zero-order chi connectivity index (χ0) is 13.1. The molecule has 2 N–H and O–H groups in total. The largest absolute Gasteiger partial charge is 0.370 e. The van der Waals surface area contributed by atoms with Crippen LogP contribution in [0.25, 0.3) is 0 Å². The third-order valence-corrected chi connectivity index (χ3v) is 3.08. The van der Waals surface area contributed by atoms with Gasteiger partial charge in [0, 0.05) is 39.3 Å². The van der Waals surface area contributed by atoms with E-state index in [4.69, 9.17) is 5.73 Å². The second-order valence-corrected chi connectivity index (χ2v) is 4.15. The molecule has 0 amide bonds. The lowest BCUT2D eigenvalue weighted by Crippen LogP contribution is -2.51. The molecule has 1 heterocycles. The summed E-state index contributed by atoms with van der Waals surface area (Å²) >= 11 is 0. The highest BCUT2D eigenvalue weighted by atomic mass is 127. The highest BCUT2D eigenvalue weighted by Crippen LogP contribution is 2.21. The molecule has 1 aromatic carbocycles. The van der Waals surface area contributed by atoms with E-state index in [2.05, 4.69) is 4.99 Å². The Bertz CT molecular complexity index is 459. The minimum atomic E-state index is -0.427. The molecule has 0 saturated carbocycles. The van der Waals surface area contributed by atoms with Gasteiger partial charge in [0.15, 0.2) is 5.96 Å². The normalized spacial score (nSPS) is 16.3. The molecule has 7 heteroatoms. The van der Waals surface area contributed by atoms with E-state index >= 15 is 0 Å². The van der Waals surface area contributed by atoms with Crippen LogP contribution in [-0.2, 0) is 0 Å². The van der Waals surface area contributed by atoms with Gasteiger partial charge in [0.05, 0.1) is 5.69 Å². The van der Waals surface area contributed by atoms with E-state index in [1.54, 1.807) is 7.05 Å². The summed E-state index contributed by atoms with van der Waals surface area (Å²) in [6, 6.07) is 3.50. The molecular weight excluding hydrogens is 365 g/mol. The Morgan fingerprint density at radius 1 is 1.21 bits per heavy atom. The summed E-state index contributed by atoms with van der Waals surface area (Å²) in [5.74, 6) is -0.347. The van der Waals surface area contributed by atoms with Crippen LogP contribution in [0.5, 0.6) is 0 Å². The van der Waals surface area contributed by atoms with Crippen molar-refractivity contribution in [2.45, 2.75) is 0 Å². The maximum atomic E-state index is 13.6. The number of piperazine rings is 1. The van der Waals surface area contributed by atoms with E-state index < -0.39 is 11.6 Å². The lowest BCUT2D eigenvalue weighted by Gasteiger charge is -2.36. The molecule has 0 atom stereocenters. The molecule has 1 saturated heterocycles. The number of anilines is 1. The van der Waals surface area contributed by atoms with Crippen LogP contribution in [0.3, 0.4) is 0 Å². The summed E-state index contributed by atoms with van der Waals surface area (Å²) in [5.41, 5.74) is 6.02. The Balaban J connectivity index is 0.00000180. The molecular formula is C12H17F2IN4. The lowest BCUT2D eigenvalue weighted by atomic mass is 10.2. The lowest BCUT2D eigenvalue weighted by molar-refractivity contribution is 0.379. The molecule has 0 bridgehead atoms. The van der Waals surface area contributed by atoms with Crippen LogP contribution in [0, 0.1) is 11.6 Å². The van der Waals surface area contributed by atoms with Crippen LogP contribution in [-0.4, -0.2) is 44.1 Å². The quantitative estimate of drug-likeness (QED) is 0.457. The van der Waals surface area contributed by atoms with Gasteiger partial charge in [-0.3, -0.25) is 4.99 Å². The summed E-state index contributed by atoms with van der Waals surface area (Å²) in [7, 11) is 1.63. The zero-order valence-corrected chi connectivity index (χ0v) is 13.0. The van der Waals surface area contributed by atoms with Gasteiger partial charge in [-0.25, -0.2) is 8.78 Å². The smallest absolute Gasteiger partial charge is 0.191 e. The first-order valence-electron chi connectivity index (χ1n) is 5.79. The number of halogens is 3. The predicted molar refractivity (Wildman–Crippen MR) is 83.1 cm³/mol. The number of hydrogen-bond donors (Lipinski definition) is 1. The number of guanidine groups is 1. The van der Waals surface area contributed by atoms with Gasteiger partial charge in [0.1, 0.15) is 11.6 Å². The maximum absolute atomic E-state index is 13.6. The molecule has 0 aromatic heterocycles. The van der Waals surface area contributed by atoms with Crippen molar-refractivity contribution in [2.75, 3.05) is 38.1 Å². The van der Waals surface area contributed by atoms with Gasteiger partial charge in [0.25, 0.3) is 0 Å². The minimum Gasteiger partial charge on any atom is -0.370 e. The number of nitrogens with zero attached hydrogens (tertiary/aromatic N) is 3. The van der Waals surface area contributed by atoms with E-state index in [1.165, 1.54) is 6.07 Å². The molecule has 106 valence electrons. The Kier molecular flexibility index (Phi) is 5.77. The van der Waals surface area contributed by atoms with Crippen molar-refractivity contribution in [1.29, 1.82) is 0 Å². The highest BCUT2D eigenvalue weighted by molar-refractivity contribution is 14.0. The Morgan fingerprint density at radius 2 is 1.84 bits per heavy atom. The average Bonchev–Trinajstić information content (AvgIpc) is 2.41. The van der Waals surface area contributed by atoms with Gasteiger partial charge in [-0.15, -0.1) is 24.0 Å². The minimum absolute atomic E-state index is 0. The van der Waals surface area contributed by atoms with Crippen molar-refractivity contribution in [2.24, 2.45) is 10.7 Å². The maximum Gasteiger partial charge on any atom is 0.191 e. The average molecular weight is 382 g/mol. The highest BCUT2D eigenvalue weighted by Gasteiger charge is 2.20. The monoisotopic (exact) mass is 382 g/mol. The van der Waals surface area contributed by atoms with Gasteiger partial charge in [-0.1, -0.05) is 0 Å². The standard InChI is InChI=1S/C12H16F2N4.HI/c1-16-12(15)18-6-4-17(5-7-18)11-8-9(13)2-3-10(11)14;/h2-3,8H,4-7H2,1H3,(H2,15,16);1H. The number of benzene rings is 1. The fraction of sp³-hybridized carbons (Fsp3) is 0.417. The second kappa shape index (κ2) is 6.88. The fourth-order valence-corrected chi connectivity index (χ4v) is 2.05. The van der Waals surface area contributed by atoms with Crippen molar-refractivity contribution in [1.82, 2.24) is 4.90 Å². The fourth-order valence-electron chi connectivity index (χ4n) is 2.05. The molecule has 1 aromatic rings. The third kappa shape index (κ3) is 3.68. The summed E-state index contributed by atoms with van der Waals surface area (Å²) in [4.78, 5) is 7.65. The molecule has 0 spiro atoms. The summed E-state index contributed by atoms with van der Waals surface area (Å²) < 4.78 is 26.7. The third-order valence-electron chi connectivity index (χ3n) is 3.08. The van der Waals surface area contributed by atoms with Crippen LogP contribution in [0.4, 0.5) is 14.5 Å². The van der Waals surface area contributed by atoms with Crippen molar-refractivity contribution in [3.05, 3.63) is 29.8 Å². The first-order chi connectivity index (χ1) is 8.61. The van der Waals surface area contributed by atoms with Gasteiger partial charge in [-0.2, -0.15) is 0 Å². The Hall–Kier alpha value is -1.12. The van der Waals surface area contributed by atoms with Crippen molar-refractivity contribution >= 4 is 35.6 Å². The number of hydrogen-bond acceptors (Lipinski definition) is 2. The second-order valence-electron chi connectivity index (χ2n) is 4.15. The van der Waals surface area contributed by atoms with Crippen LogP contribution in [0.1, 0.15) is 0 Å². The van der Waals surface area contributed by atoms with Crippen molar-refractivity contribution in [3.8, 4) is 0 Å². The van der Waals surface area contributed by atoms with E-state index in [-0.39, 0.29) is 24.0 Å². The molecule has 2 rings (SSSR count). The summed E-state index contributed by atoms with van der Waals surface area (Å²) in [6.45, 7) is 2.49. The van der Waals surface area contributed by atoms with Crippen LogP contribution in [0.2, 0.25) is 0 Å². The SMILES string of the molecule is CN=C(N)N1CCN(c2cc(F)ccc2F)CC1.I. The number of aliphatic imine (C=N–C) groups is 1. The van der Waals surface area contributed by atoms with Gasteiger partial charge >= 0.3 is 0 Å². The number of nitrogens with two attached hydrogens (primary N) is 1. The van der Waals surface area contributed by atoms with Crippen LogP contribution >= 0.6 is 24.0 Å². The first kappa shape index (κ1) is 15.9. The molecule has 1 fully saturated rings. The van der Waals surface area contributed by atoms with Crippen molar-refractivity contribution in [3.63, 3.8) is 0 Å². The van der Waals surface area contributed by atoms with E-state index in [1.807, 2.05) is 9.80 Å². The predicted octanol–water partition coefficient (Wildman–Crippen LogP) is 1.65. The van der Waals surface area contributed by atoms with Crippen LogP contribution < -0.4 is 10.6 Å². The molecule has 0 radical (unpaired) electrons. The number of rotatable bonds is 1. The molecule has 0 aliphatic carbocycles. The first-order valence-corrected chi connectivity index (χ1v) is 5.79. The molecule has 0 unspecified atom stereocenters. The van der Waals surface area contributed by atoms with Crippen LogP contribution in [0.15, 0.2) is 23.2 Å². The topological polar surface area (TPSA) is 44.9 Å². The molecule has 4 nitrogen and oxygen atoms in total. The zero-order valence-electron chi connectivity index (χ0n) is 10.6. The molecule has 19 heavy (non-hydrogen) atoms. The van der Waals surface area contributed by atoms with Gasteiger partial charge in [0.2, 0.25) is 0 Å². The molecule has 1 aliphatic heterocycles.